The lowest BCUT2D eigenvalue weighted by Gasteiger charge is -2.26. The molecule has 150 valence electrons. The van der Waals surface area contributed by atoms with Crippen LogP contribution in [-0.4, -0.2) is 33.3 Å². The van der Waals surface area contributed by atoms with E-state index in [1.54, 1.807) is 13.8 Å². The number of phenolic OH excluding ortho intramolecular Hbond substituents is 2. The summed E-state index contributed by atoms with van der Waals surface area (Å²) in [6, 6.07) is 5.75. The lowest BCUT2D eigenvalue weighted by Crippen LogP contribution is -2.29. The van der Waals surface area contributed by atoms with Crippen LogP contribution in [-0.2, 0) is 0 Å². The van der Waals surface area contributed by atoms with Crippen molar-refractivity contribution in [3.63, 3.8) is 0 Å². The summed E-state index contributed by atoms with van der Waals surface area (Å²) in [5, 5.41) is 20.4. The number of fused-ring (bicyclic) bond motifs is 2. The number of ketones is 4. The van der Waals surface area contributed by atoms with Gasteiger partial charge in [0.2, 0.25) is 0 Å². The van der Waals surface area contributed by atoms with Crippen molar-refractivity contribution >= 4 is 23.1 Å². The third kappa shape index (κ3) is 2.50. The van der Waals surface area contributed by atoms with Crippen molar-refractivity contribution in [2.75, 3.05) is 0 Å². The van der Waals surface area contributed by atoms with Crippen molar-refractivity contribution in [3.05, 3.63) is 79.9 Å². The van der Waals surface area contributed by atoms with Crippen LogP contribution in [0.15, 0.2) is 46.6 Å². The Morgan fingerprint density at radius 1 is 0.533 bits per heavy atom. The molecule has 0 amide bonds. The summed E-state index contributed by atoms with van der Waals surface area (Å²) >= 11 is 0. The standard InChI is InChI=1S/C24H18O6/c1-9-5-13-19(15(25)7-9)21(27)11(3)17(23(13)29)18-12(4)22(28)20-14(24(18)30)6-10(2)8-16(20)26/h5-8,25-26H,1-4H3. The third-order valence-electron chi connectivity index (χ3n) is 5.60. The summed E-state index contributed by atoms with van der Waals surface area (Å²) < 4.78 is 0. The van der Waals surface area contributed by atoms with Crippen molar-refractivity contribution < 1.29 is 29.4 Å². The van der Waals surface area contributed by atoms with Crippen LogP contribution in [0.1, 0.15) is 66.4 Å². The molecule has 0 atom stereocenters. The van der Waals surface area contributed by atoms with Gasteiger partial charge in [-0.3, -0.25) is 19.2 Å². The van der Waals surface area contributed by atoms with E-state index in [2.05, 4.69) is 0 Å². The molecule has 0 saturated heterocycles. The second-order valence-electron chi connectivity index (χ2n) is 7.73. The number of Topliss-reactive ketones (excluding diaryl/α,β-unsaturated/α-hetero) is 4. The van der Waals surface area contributed by atoms with E-state index in [4.69, 9.17) is 0 Å². The molecule has 0 heterocycles. The minimum atomic E-state index is -0.600. The molecule has 2 aromatic rings. The summed E-state index contributed by atoms with van der Waals surface area (Å²) in [6.45, 7) is 6.15. The Bertz CT molecular complexity index is 1200. The summed E-state index contributed by atoms with van der Waals surface area (Å²) in [6.07, 6.45) is 0. The van der Waals surface area contributed by atoms with Crippen molar-refractivity contribution in [1.82, 2.24) is 0 Å². The number of aryl methyl sites for hydroxylation is 2. The van der Waals surface area contributed by atoms with Gasteiger partial charge in [0.05, 0.1) is 11.1 Å². The predicted molar refractivity (Wildman–Crippen MR) is 108 cm³/mol. The molecule has 2 aromatic carbocycles. The molecular weight excluding hydrogens is 384 g/mol. The Labute approximate surface area is 172 Å². The van der Waals surface area contributed by atoms with Gasteiger partial charge in [0.15, 0.2) is 23.1 Å². The third-order valence-corrected chi connectivity index (χ3v) is 5.60. The summed E-state index contributed by atoms with van der Waals surface area (Å²) in [5.41, 5.74) is 0.642. The van der Waals surface area contributed by atoms with Crippen molar-refractivity contribution in [2.24, 2.45) is 0 Å². The summed E-state index contributed by atoms with van der Waals surface area (Å²) in [7, 11) is 0. The lowest BCUT2D eigenvalue weighted by atomic mass is 9.74. The summed E-state index contributed by atoms with van der Waals surface area (Å²) in [4.78, 5) is 52.6. The maximum Gasteiger partial charge on any atom is 0.195 e. The van der Waals surface area contributed by atoms with Crippen molar-refractivity contribution in [2.45, 2.75) is 27.7 Å². The number of benzene rings is 2. The molecule has 6 nitrogen and oxygen atoms in total. The zero-order chi connectivity index (χ0) is 22.1. The van der Waals surface area contributed by atoms with E-state index in [1.807, 2.05) is 0 Å². The first-order valence-corrected chi connectivity index (χ1v) is 9.32. The number of hydrogen-bond acceptors (Lipinski definition) is 6. The number of aromatic hydroxyl groups is 2. The van der Waals surface area contributed by atoms with E-state index >= 15 is 0 Å². The molecule has 2 aliphatic rings. The van der Waals surface area contributed by atoms with Crippen LogP contribution in [0, 0.1) is 13.8 Å². The smallest absolute Gasteiger partial charge is 0.195 e. The molecule has 2 N–H and O–H groups in total. The van der Waals surface area contributed by atoms with Gasteiger partial charge in [0.25, 0.3) is 0 Å². The van der Waals surface area contributed by atoms with Gasteiger partial charge in [-0.25, -0.2) is 0 Å². The van der Waals surface area contributed by atoms with Crippen LogP contribution >= 0.6 is 0 Å². The Morgan fingerprint density at radius 2 is 0.867 bits per heavy atom. The minimum Gasteiger partial charge on any atom is -0.507 e. The van der Waals surface area contributed by atoms with Crippen LogP contribution in [0.4, 0.5) is 0 Å². The van der Waals surface area contributed by atoms with Gasteiger partial charge in [-0.05, 0) is 63.1 Å². The van der Waals surface area contributed by atoms with Gasteiger partial charge in [-0.1, -0.05) is 0 Å². The first-order valence-electron chi connectivity index (χ1n) is 9.32. The first-order chi connectivity index (χ1) is 14.0. The van der Waals surface area contributed by atoms with Gasteiger partial charge in [0, 0.05) is 33.4 Å². The number of phenols is 2. The average Bonchev–Trinajstić information content (AvgIpc) is 2.66. The molecule has 0 spiro atoms. The normalized spacial score (nSPS) is 16.3. The molecule has 6 heteroatoms. The van der Waals surface area contributed by atoms with Gasteiger partial charge in [0.1, 0.15) is 11.5 Å². The van der Waals surface area contributed by atoms with Crippen molar-refractivity contribution in [3.8, 4) is 11.5 Å². The maximum atomic E-state index is 13.4. The fraction of sp³-hybridized carbons (Fsp3) is 0.167. The van der Waals surface area contributed by atoms with Gasteiger partial charge < -0.3 is 10.2 Å². The quantitative estimate of drug-likeness (QED) is 0.751. The molecule has 0 bridgehead atoms. The molecule has 30 heavy (non-hydrogen) atoms. The van der Waals surface area contributed by atoms with Crippen molar-refractivity contribution in [1.29, 1.82) is 0 Å². The molecule has 0 unspecified atom stereocenters. The highest BCUT2D eigenvalue weighted by Crippen LogP contribution is 2.41. The second-order valence-corrected chi connectivity index (χ2v) is 7.73. The average molecular weight is 402 g/mol. The fourth-order valence-electron chi connectivity index (χ4n) is 4.18. The van der Waals surface area contributed by atoms with Crippen LogP contribution in [0.5, 0.6) is 11.5 Å². The van der Waals surface area contributed by atoms with Crippen LogP contribution in [0.3, 0.4) is 0 Å². The highest BCUT2D eigenvalue weighted by atomic mass is 16.3. The molecular formula is C24H18O6. The highest BCUT2D eigenvalue weighted by molar-refractivity contribution is 6.37. The summed E-state index contributed by atoms with van der Waals surface area (Å²) in [5.74, 6) is -2.95. The van der Waals surface area contributed by atoms with E-state index in [1.165, 1.54) is 38.1 Å². The Hall–Kier alpha value is -3.80. The maximum absolute atomic E-state index is 13.4. The van der Waals surface area contributed by atoms with Gasteiger partial charge in [-0.15, -0.1) is 0 Å². The van der Waals surface area contributed by atoms with Gasteiger partial charge >= 0.3 is 0 Å². The Morgan fingerprint density at radius 3 is 1.20 bits per heavy atom. The van der Waals surface area contributed by atoms with Crippen LogP contribution in [0.25, 0.3) is 0 Å². The van der Waals surface area contributed by atoms with E-state index < -0.39 is 23.1 Å². The molecule has 2 aliphatic carbocycles. The minimum absolute atomic E-state index is 0.00321. The molecule has 0 radical (unpaired) electrons. The highest BCUT2D eigenvalue weighted by Gasteiger charge is 2.41. The van der Waals surface area contributed by atoms with E-state index in [-0.39, 0.29) is 56.0 Å². The zero-order valence-corrected chi connectivity index (χ0v) is 16.8. The topological polar surface area (TPSA) is 109 Å². The van der Waals surface area contributed by atoms with E-state index in [9.17, 15) is 29.4 Å². The monoisotopic (exact) mass is 402 g/mol. The Kier molecular flexibility index (Phi) is 4.13. The first kappa shape index (κ1) is 19.5. The second kappa shape index (κ2) is 6.35. The molecule has 0 aliphatic heterocycles. The fourth-order valence-corrected chi connectivity index (χ4v) is 4.18. The Balaban J connectivity index is 2.01. The predicted octanol–water partition coefficient (Wildman–Crippen LogP) is 3.81. The number of rotatable bonds is 1. The molecule has 0 aromatic heterocycles. The number of carbonyl (C=O) groups excluding carboxylic acids is 4. The number of allylic oxidation sites excluding steroid dienone is 4. The van der Waals surface area contributed by atoms with E-state index in [0.29, 0.717) is 11.1 Å². The lowest BCUT2D eigenvalue weighted by molar-refractivity contribution is 0.0950. The van der Waals surface area contributed by atoms with Crippen LogP contribution in [0.2, 0.25) is 0 Å². The number of carbonyl (C=O) groups is 4. The molecule has 0 saturated carbocycles. The van der Waals surface area contributed by atoms with Crippen LogP contribution < -0.4 is 0 Å². The zero-order valence-electron chi connectivity index (χ0n) is 16.8. The van der Waals surface area contributed by atoms with E-state index in [0.717, 1.165) is 0 Å². The molecule has 4 rings (SSSR count). The number of hydrogen-bond donors (Lipinski definition) is 2. The SMILES string of the molecule is CC1=C(C2=C(C)C(=O)c3c(O)cc(C)cc3C2=O)C(=O)c2cc(C)cc(O)c2C1=O. The largest absolute Gasteiger partial charge is 0.507 e. The van der Waals surface area contributed by atoms with Gasteiger partial charge in [-0.2, -0.15) is 0 Å². The molecule has 0 fully saturated rings.